The first-order valence-corrected chi connectivity index (χ1v) is 5.31. The number of aliphatic hydroxyl groups excluding tert-OH is 2. The van der Waals surface area contributed by atoms with E-state index in [1.54, 1.807) is 13.8 Å². The second-order valence-electron chi connectivity index (χ2n) is 4.52. The Hall–Kier alpha value is -0.240. The number of ether oxygens (including phenoxy) is 4. The fraction of sp³-hybridized carbons (Fsp3) is 1.00. The first-order valence-electron chi connectivity index (χ1n) is 5.31. The largest absolute Gasteiger partial charge is 0.394 e. The summed E-state index contributed by atoms with van der Waals surface area (Å²) in [4.78, 5) is 0. The summed E-state index contributed by atoms with van der Waals surface area (Å²) in [7, 11) is 1.43. The van der Waals surface area contributed by atoms with Gasteiger partial charge in [0.1, 0.15) is 24.4 Å². The first kappa shape index (κ1) is 12.2. The number of hydrogen-bond acceptors (Lipinski definition) is 6. The van der Waals surface area contributed by atoms with Crippen LogP contribution in [0.3, 0.4) is 0 Å². The fourth-order valence-electron chi connectivity index (χ4n) is 2.20. The van der Waals surface area contributed by atoms with Gasteiger partial charge < -0.3 is 29.2 Å². The molecule has 0 saturated carbocycles. The fourth-order valence-corrected chi connectivity index (χ4v) is 2.20. The monoisotopic (exact) mass is 234 g/mol. The highest BCUT2D eigenvalue weighted by Crippen LogP contribution is 2.37. The molecule has 94 valence electrons. The van der Waals surface area contributed by atoms with Gasteiger partial charge in [0.15, 0.2) is 12.1 Å². The van der Waals surface area contributed by atoms with Crippen molar-refractivity contribution in [2.75, 3.05) is 13.7 Å². The van der Waals surface area contributed by atoms with Gasteiger partial charge in [0.05, 0.1) is 6.61 Å². The molecule has 2 fully saturated rings. The summed E-state index contributed by atoms with van der Waals surface area (Å²) < 4.78 is 21.6. The van der Waals surface area contributed by atoms with Gasteiger partial charge in [0, 0.05) is 7.11 Å². The number of fused-ring (bicyclic) bond motifs is 1. The molecule has 16 heavy (non-hydrogen) atoms. The zero-order valence-electron chi connectivity index (χ0n) is 9.62. The summed E-state index contributed by atoms with van der Waals surface area (Å²) in [5, 5.41) is 19.2. The third-order valence-corrected chi connectivity index (χ3v) is 2.87. The molecule has 0 aromatic carbocycles. The molecule has 0 spiro atoms. The maximum absolute atomic E-state index is 9.95. The molecule has 0 aromatic heterocycles. The van der Waals surface area contributed by atoms with Crippen LogP contribution in [0, 0.1) is 0 Å². The Balaban J connectivity index is 2.18. The predicted octanol–water partition coefficient (Wildman–Crippen LogP) is -0.769. The normalized spacial score (nSPS) is 46.7. The van der Waals surface area contributed by atoms with E-state index in [-0.39, 0.29) is 6.61 Å². The van der Waals surface area contributed by atoms with Crippen molar-refractivity contribution in [3.05, 3.63) is 0 Å². The van der Waals surface area contributed by atoms with Gasteiger partial charge in [0.25, 0.3) is 0 Å². The van der Waals surface area contributed by atoms with E-state index in [1.165, 1.54) is 7.11 Å². The highest BCUT2D eigenvalue weighted by molar-refractivity contribution is 4.96. The van der Waals surface area contributed by atoms with E-state index in [0.717, 1.165) is 0 Å². The molecule has 2 saturated heterocycles. The minimum atomic E-state index is -0.917. The van der Waals surface area contributed by atoms with Crippen molar-refractivity contribution in [1.82, 2.24) is 0 Å². The lowest BCUT2D eigenvalue weighted by Crippen LogP contribution is -2.57. The van der Waals surface area contributed by atoms with Crippen LogP contribution in [0.5, 0.6) is 0 Å². The molecule has 2 heterocycles. The Morgan fingerprint density at radius 2 is 1.88 bits per heavy atom. The molecule has 0 aromatic rings. The average Bonchev–Trinajstić information content (AvgIpc) is 2.55. The quantitative estimate of drug-likeness (QED) is 0.653. The second-order valence-corrected chi connectivity index (χ2v) is 4.52. The Bertz CT molecular complexity index is 256. The maximum atomic E-state index is 9.95. The summed E-state index contributed by atoms with van der Waals surface area (Å²) >= 11 is 0. The SMILES string of the molecule is CO[C@@H]1O[C@H](CO)[C@@H]2OC(C)(C)O[C@@H]2[C@@H]1O. The molecule has 6 heteroatoms. The van der Waals surface area contributed by atoms with Crippen LogP contribution in [-0.2, 0) is 18.9 Å². The van der Waals surface area contributed by atoms with Crippen molar-refractivity contribution >= 4 is 0 Å². The molecule has 6 nitrogen and oxygen atoms in total. The number of rotatable bonds is 2. The topological polar surface area (TPSA) is 77.4 Å². The summed E-state index contributed by atoms with van der Waals surface area (Å²) in [5.74, 6) is -0.782. The van der Waals surface area contributed by atoms with Crippen LogP contribution < -0.4 is 0 Å². The molecule has 0 amide bonds. The van der Waals surface area contributed by atoms with E-state index < -0.39 is 36.5 Å². The van der Waals surface area contributed by atoms with Crippen LogP contribution in [0.2, 0.25) is 0 Å². The molecule has 2 aliphatic rings. The van der Waals surface area contributed by atoms with Crippen molar-refractivity contribution in [2.45, 2.75) is 50.3 Å². The van der Waals surface area contributed by atoms with Crippen LogP contribution >= 0.6 is 0 Å². The molecule has 2 N–H and O–H groups in total. The molecular weight excluding hydrogens is 216 g/mol. The second kappa shape index (κ2) is 4.21. The van der Waals surface area contributed by atoms with Crippen molar-refractivity contribution in [2.24, 2.45) is 0 Å². The zero-order valence-corrected chi connectivity index (χ0v) is 9.62. The van der Waals surface area contributed by atoms with Crippen LogP contribution in [0.1, 0.15) is 13.8 Å². The summed E-state index contributed by atoms with van der Waals surface area (Å²) in [5.41, 5.74) is 0. The van der Waals surface area contributed by atoms with Gasteiger partial charge in [-0.3, -0.25) is 0 Å². The Morgan fingerprint density at radius 3 is 2.44 bits per heavy atom. The first-order chi connectivity index (χ1) is 7.48. The van der Waals surface area contributed by atoms with Crippen LogP contribution in [-0.4, -0.2) is 60.4 Å². The lowest BCUT2D eigenvalue weighted by Gasteiger charge is -2.38. The standard InChI is InChI=1S/C10H18O6/c1-10(2)15-7-5(4-11)14-9(13-3)6(12)8(7)16-10/h5-9,11-12H,4H2,1-3H3/t5-,6+,7+,8-,9-/m1/s1. The van der Waals surface area contributed by atoms with Gasteiger partial charge in [-0.15, -0.1) is 0 Å². The van der Waals surface area contributed by atoms with Gasteiger partial charge >= 0.3 is 0 Å². The summed E-state index contributed by atoms with van der Waals surface area (Å²) in [6.07, 6.45) is -3.26. The lowest BCUT2D eigenvalue weighted by molar-refractivity contribution is -0.274. The molecule has 5 atom stereocenters. The van der Waals surface area contributed by atoms with E-state index in [1.807, 2.05) is 0 Å². The summed E-state index contributed by atoms with van der Waals surface area (Å²) in [6, 6.07) is 0. The molecule has 0 aliphatic carbocycles. The Morgan fingerprint density at radius 1 is 1.25 bits per heavy atom. The van der Waals surface area contributed by atoms with Crippen molar-refractivity contribution in [1.29, 1.82) is 0 Å². The molecule has 0 radical (unpaired) electrons. The minimum Gasteiger partial charge on any atom is -0.394 e. The van der Waals surface area contributed by atoms with E-state index in [0.29, 0.717) is 0 Å². The average molecular weight is 234 g/mol. The smallest absolute Gasteiger partial charge is 0.186 e. The summed E-state index contributed by atoms with van der Waals surface area (Å²) in [6.45, 7) is 3.32. The lowest BCUT2D eigenvalue weighted by atomic mass is 9.99. The third kappa shape index (κ3) is 1.97. The van der Waals surface area contributed by atoms with E-state index in [9.17, 15) is 10.2 Å². The van der Waals surface area contributed by atoms with Crippen LogP contribution in [0.4, 0.5) is 0 Å². The Labute approximate surface area is 94.1 Å². The van der Waals surface area contributed by atoms with Gasteiger partial charge in [-0.25, -0.2) is 0 Å². The van der Waals surface area contributed by atoms with Crippen LogP contribution in [0.15, 0.2) is 0 Å². The van der Waals surface area contributed by atoms with Gasteiger partial charge in [0.2, 0.25) is 0 Å². The van der Waals surface area contributed by atoms with E-state index in [4.69, 9.17) is 18.9 Å². The Kier molecular flexibility index (Phi) is 3.22. The molecule has 0 bridgehead atoms. The third-order valence-electron chi connectivity index (χ3n) is 2.87. The molecule has 2 aliphatic heterocycles. The van der Waals surface area contributed by atoms with E-state index >= 15 is 0 Å². The maximum Gasteiger partial charge on any atom is 0.186 e. The van der Waals surface area contributed by atoms with Crippen LogP contribution in [0.25, 0.3) is 0 Å². The van der Waals surface area contributed by atoms with Gasteiger partial charge in [-0.1, -0.05) is 0 Å². The van der Waals surface area contributed by atoms with Crippen molar-refractivity contribution in [3.8, 4) is 0 Å². The van der Waals surface area contributed by atoms with Crippen molar-refractivity contribution in [3.63, 3.8) is 0 Å². The number of methoxy groups -OCH3 is 1. The highest BCUT2D eigenvalue weighted by Gasteiger charge is 2.54. The highest BCUT2D eigenvalue weighted by atomic mass is 16.8. The van der Waals surface area contributed by atoms with E-state index in [2.05, 4.69) is 0 Å². The van der Waals surface area contributed by atoms with Gasteiger partial charge in [-0.05, 0) is 13.8 Å². The minimum absolute atomic E-state index is 0.201. The molecular formula is C10H18O6. The number of aliphatic hydroxyl groups is 2. The molecule has 0 unspecified atom stereocenters. The van der Waals surface area contributed by atoms with Crippen molar-refractivity contribution < 1.29 is 29.2 Å². The zero-order chi connectivity index (χ0) is 11.9. The van der Waals surface area contributed by atoms with Gasteiger partial charge in [-0.2, -0.15) is 0 Å². The number of hydrogen-bond donors (Lipinski definition) is 2. The molecule has 2 rings (SSSR count). The predicted molar refractivity (Wildman–Crippen MR) is 52.6 cm³/mol.